The van der Waals surface area contributed by atoms with Gasteiger partial charge in [-0.15, -0.1) is 0 Å². The Hall–Kier alpha value is -2.82. The van der Waals surface area contributed by atoms with Gasteiger partial charge in [0.1, 0.15) is 6.61 Å². The molecule has 1 amide bonds. The molecule has 2 aromatic rings. The van der Waals surface area contributed by atoms with Crippen LogP contribution in [-0.4, -0.2) is 30.2 Å². The van der Waals surface area contributed by atoms with E-state index in [-0.39, 0.29) is 36.4 Å². The molecule has 0 radical (unpaired) electrons. The van der Waals surface area contributed by atoms with Crippen LogP contribution in [0.3, 0.4) is 0 Å². The summed E-state index contributed by atoms with van der Waals surface area (Å²) >= 11 is 0. The van der Waals surface area contributed by atoms with E-state index in [1.807, 2.05) is 41.3 Å². The van der Waals surface area contributed by atoms with E-state index in [9.17, 15) is 9.18 Å². The van der Waals surface area contributed by atoms with E-state index >= 15 is 0 Å². The van der Waals surface area contributed by atoms with Crippen molar-refractivity contribution in [2.45, 2.75) is 44.4 Å². The van der Waals surface area contributed by atoms with Crippen molar-refractivity contribution in [1.29, 1.82) is 0 Å². The van der Waals surface area contributed by atoms with Crippen LogP contribution in [0.2, 0.25) is 0 Å². The molecular weight excluding hydrogens is 357 g/mol. The average molecular weight is 381 g/mol. The average Bonchev–Trinajstić information content (AvgIpc) is 2.98. The van der Waals surface area contributed by atoms with E-state index in [0.717, 1.165) is 30.4 Å². The van der Waals surface area contributed by atoms with Crippen molar-refractivity contribution in [2.75, 3.05) is 7.11 Å². The van der Waals surface area contributed by atoms with E-state index in [1.54, 1.807) is 6.07 Å². The van der Waals surface area contributed by atoms with E-state index < -0.39 is 0 Å². The number of rotatable bonds is 5. The van der Waals surface area contributed by atoms with Gasteiger partial charge in [0.25, 0.3) is 0 Å². The first kappa shape index (κ1) is 18.5. The quantitative estimate of drug-likeness (QED) is 0.693. The van der Waals surface area contributed by atoms with Crippen LogP contribution in [0.5, 0.6) is 5.75 Å². The predicted molar refractivity (Wildman–Crippen MR) is 105 cm³/mol. The minimum atomic E-state index is -0.342. The molecule has 2 aromatic carbocycles. The maximum atomic E-state index is 13.9. The maximum absolute atomic E-state index is 13.9. The summed E-state index contributed by atoms with van der Waals surface area (Å²) in [5.41, 5.74) is 3.16. The van der Waals surface area contributed by atoms with Gasteiger partial charge in [0.15, 0.2) is 11.6 Å². The van der Waals surface area contributed by atoms with E-state index in [1.165, 1.54) is 18.7 Å². The van der Waals surface area contributed by atoms with Crippen LogP contribution in [0.4, 0.5) is 9.18 Å². The second kappa shape index (κ2) is 8.05. The molecule has 0 aliphatic carbocycles. The van der Waals surface area contributed by atoms with Crippen LogP contribution in [-0.2, 0) is 17.8 Å². The summed E-state index contributed by atoms with van der Waals surface area (Å²) in [7, 11) is 1.46. The van der Waals surface area contributed by atoms with Crippen molar-refractivity contribution < 1.29 is 18.7 Å². The monoisotopic (exact) mass is 381 g/mol. The Kier molecular flexibility index (Phi) is 5.33. The zero-order chi connectivity index (χ0) is 19.5. The Balaban J connectivity index is 1.40. The Morgan fingerprint density at radius 2 is 1.96 bits per heavy atom. The molecule has 0 N–H and O–H groups in total. The van der Waals surface area contributed by atoms with Crippen LogP contribution in [0, 0.1) is 5.82 Å². The fourth-order valence-electron chi connectivity index (χ4n) is 4.21. The molecule has 5 heteroatoms. The molecule has 1 saturated heterocycles. The summed E-state index contributed by atoms with van der Waals surface area (Å²) in [6.45, 7) is 0.289. The van der Waals surface area contributed by atoms with Gasteiger partial charge >= 0.3 is 6.09 Å². The van der Waals surface area contributed by atoms with E-state index in [4.69, 9.17) is 9.47 Å². The molecule has 28 heavy (non-hydrogen) atoms. The molecule has 0 spiro atoms. The molecule has 0 aromatic heterocycles. The summed E-state index contributed by atoms with van der Waals surface area (Å²) in [4.78, 5) is 14.5. The lowest BCUT2D eigenvalue weighted by molar-refractivity contribution is 0.0816. The molecule has 1 fully saturated rings. The summed E-state index contributed by atoms with van der Waals surface area (Å²) < 4.78 is 24.5. The van der Waals surface area contributed by atoms with Crippen LogP contribution < -0.4 is 4.74 Å². The summed E-state index contributed by atoms with van der Waals surface area (Å²) in [6.07, 6.45) is 5.34. The lowest BCUT2D eigenvalue weighted by Gasteiger charge is -2.33. The van der Waals surface area contributed by atoms with Gasteiger partial charge in [-0.3, -0.25) is 4.90 Å². The lowest BCUT2D eigenvalue weighted by Crippen LogP contribution is -2.43. The number of carbonyl (C=O) groups excluding carboxylic acids is 1. The first-order chi connectivity index (χ1) is 13.6. The largest absolute Gasteiger partial charge is 0.494 e. The minimum Gasteiger partial charge on any atom is -0.494 e. The molecule has 2 bridgehead atoms. The molecule has 2 aliphatic rings. The van der Waals surface area contributed by atoms with Gasteiger partial charge in [-0.2, -0.15) is 0 Å². The Bertz CT molecular complexity index is 881. The fraction of sp³-hybridized carbons (Fsp3) is 0.348. The van der Waals surface area contributed by atoms with Crippen molar-refractivity contribution in [2.24, 2.45) is 0 Å². The zero-order valence-corrected chi connectivity index (χ0v) is 15.9. The molecule has 2 atom stereocenters. The van der Waals surface area contributed by atoms with Gasteiger partial charge in [-0.05, 0) is 48.9 Å². The molecule has 2 aliphatic heterocycles. The number of benzene rings is 2. The normalized spacial score (nSPS) is 20.6. The number of hydrogen-bond acceptors (Lipinski definition) is 3. The van der Waals surface area contributed by atoms with Gasteiger partial charge < -0.3 is 9.47 Å². The third-order valence-electron chi connectivity index (χ3n) is 5.54. The number of amides is 1. The van der Waals surface area contributed by atoms with Crippen molar-refractivity contribution >= 4 is 6.09 Å². The SMILES string of the molecule is COc1ccc(CC2=CC3CCC(C2)N3C(=O)OCc2ccccc2)cc1F. The van der Waals surface area contributed by atoms with Crippen molar-refractivity contribution in [3.8, 4) is 5.75 Å². The minimum absolute atomic E-state index is 0.0696. The summed E-state index contributed by atoms with van der Waals surface area (Å²) in [5.74, 6) is -0.0840. The highest BCUT2D eigenvalue weighted by Gasteiger charge is 2.40. The number of nitrogens with zero attached hydrogens (tertiary/aromatic N) is 1. The number of carbonyl (C=O) groups is 1. The number of methoxy groups -OCH3 is 1. The maximum Gasteiger partial charge on any atom is 0.410 e. The number of fused-ring (bicyclic) bond motifs is 2. The fourth-order valence-corrected chi connectivity index (χ4v) is 4.21. The molecule has 2 unspecified atom stereocenters. The third kappa shape index (κ3) is 3.88. The van der Waals surface area contributed by atoms with Crippen molar-refractivity contribution in [3.05, 3.63) is 77.1 Å². The van der Waals surface area contributed by atoms with Crippen LogP contribution in [0.25, 0.3) is 0 Å². The van der Waals surface area contributed by atoms with Crippen molar-refractivity contribution in [3.63, 3.8) is 0 Å². The van der Waals surface area contributed by atoms with Gasteiger partial charge in [0, 0.05) is 6.04 Å². The summed E-state index contributed by atoms with van der Waals surface area (Å²) in [5, 5.41) is 0. The van der Waals surface area contributed by atoms with Crippen molar-refractivity contribution in [1.82, 2.24) is 4.90 Å². The number of halogens is 1. The highest BCUT2D eigenvalue weighted by Crippen LogP contribution is 2.36. The Morgan fingerprint density at radius 1 is 1.14 bits per heavy atom. The lowest BCUT2D eigenvalue weighted by atomic mass is 9.95. The second-order valence-electron chi connectivity index (χ2n) is 7.42. The highest BCUT2D eigenvalue weighted by atomic mass is 19.1. The predicted octanol–water partition coefficient (Wildman–Crippen LogP) is 4.88. The molecule has 146 valence electrons. The smallest absolute Gasteiger partial charge is 0.410 e. The summed E-state index contributed by atoms with van der Waals surface area (Å²) in [6, 6.07) is 15.0. The van der Waals surface area contributed by atoms with Gasteiger partial charge in [0.2, 0.25) is 0 Å². The van der Waals surface area contributed by atoms with Crippen LogP contribution in [0.15, 0.2) is 60.2 Å². The molecule has 0 saturated carbocycles. The molecule has 2 heterocycles. The topological polar surface area (TPSA) is 38.8 Å². The Labute approximate surface area is 164 Å². The zero-order valence-electron chi connectivity index (χ0n) is 15.9. The molecule has 4 rings (SSSR count). The molecule has 4 nitrogen and oxygen atoms in total. The second-order valence-corrected chi connectivity index (χ2v) is 7.42. The molecular formula is C23H24FNO3. The van der Waals surface area contributed by atoms with Gasteiger partial charge in [0.05, 0.1) is 13.2 Å². The van der Waals surface area contributed by atoms with Crippen LogP contribution >= 0.6 is 0 Å². The number of ether oxygens (including phenoxy) is 2. The Morgan fingerprint density at radius 3 is 2.68 bits per heavy atom. The first-order valence-corrected chi connectivity index (χ1v) is 9.65. The van der Waals surface area contributed by atoms with E-state index in [0.29, 0.717) is 6.42 Å². The van der Waals surface area contributed by atoms with E-state index in [2.05, 4.69) is 6.08 Å². The highest BCUT2D eigenvalue weighted by molar-refractivity contribution is 5.70. The third-order valence-corrected chi connectivity index (χ3v) is 5.54. The van der Waals surface area contributed by atoms with Gasteiger partial charge in [-0.25, -0.2) is 9.18 Å². The van der Waals surface area contributed by atoms with Crippen LogP contribution in [0.1, 0.15) is 30.4 Å². The first-order valence-electron chi connectivity index (χ1n) is 9.65. The number of hydrogen-bond donors (Lipinski definition) is 0. The standard InChI is InChI=1S/C23H24FNO3/c1-27-22-10-7-17(14-21(22)24)11-18-12-19-8-9-20(13-18)25(19)23(26)28-15-16-5-3-2-4-6-16/h2-7,10,12,14,19-20H,8-9,11,13,15H2,1H3. The van der Waals surface area contributed by atoms with Gasteiger partial charge in [-0.1, -0.05) is 48.0 Å².